The molecule has 0 spiro atoms. The molecule has 292 valence electrons. The van der Waals surface area contributed by atoms with Crippen LogP contribution in [-0.2, 0) is 5.41 Å². The fourth-order valence-electron chi connectivity index (χ4n) is 11.4. The average Bonchev–Trinajstić information content (AvgIpc) is 4.02. The molecule has 0 radical (unpaired) electrons. The van der Waals surface area contributed by atoms with Crippen molar-refractivity contribution in [2.75, 3.05) is 0 Å². The monoisotopic (exact) mass is 800 g/mol. The lowest BCUT2D eigenvalue weighted by atomic mass is 9.67. The van der Waals surface area contributed by atoms with Gasteiger partial charge in [0.25, 0.3) is 0 Å². The van der Waals surface area contributed by atoms with E-state index in [4.69, 9.17) is 8.83 Å². The summed E-state index contributed by atoms with van der Waals surface area (Å²) in [4.78, 5) is 0. The molecule has 0 unspecified atom stereocenters. The van der Waals surface area contributed by atoms with Gasteiger partial charge >= 0.3 is 0 Å². The Hall–Kier alpha value is -8.20. The summed E-state index contributed by atoms with van der Waals surface area (Å²) in [5.41, 5.74) is 15.0. The van der Waals surface area contributed by atoms with Gasteiger partial charge in [0.05, 0.1) is 5.41 Å². The maximum absolute atomic E-state index is 7.21. The summed E-state index contributed by atoms with van der Waals surface area (Å²) in [6.45, 7) is 0. The number of benzene rings is 11. The van der Waals surface area contributed by atoms with Crippen LogP contribution < -0.4 is 0 Å². The normalized spacial score (nSPS) is 13.2. The van der Waals surface area contributed by atoms with E-state index < -0.39 is 5.41 Å². The lowest BCUT2D eigenvalue weighted by molar-refractivity contribution is 0.668. The van der Waals surface area contributed by atoms with Gasteiger partial charge in [-0.25, -0.2) is 0 Å². The third-order valence-electron chi connectivity index (χ3n) is 13.9. The molecular weight excluding hydrogens is 765 g/mol. The molecule has 0 saturated heterocycles. The van der Waals surface area contributed by atoms with Crippen LogP contribution in [0.15, 0.2) is 227 Å². The molecule has 0 atom stereocenters. The second-order valence-electron chi connectivity index (χ2n) is 17.0. The van der Waals surface area contributed by atoms with E-state index in [1.165, 1.54) is 76.8 Å². The van der Waals surface area contributed by atoms with E-state index in [0.29, 0.717) is 0 Å². The largest absolute Gasteiger partial charge is 0.456 e. The zero-order valence-electron chi connectivity index (χ0n) is 34.1. The number of hydrogen-bond acceptors (Lipinski definition) is 2. The van der Waals surface area contributed by atoms with Crippen LogP contribution >= 0.6 is 0 Å². The van der Waals surface area contributed by atoms with E-state index in [1.807, 2.05) is 0 Å². The second kappa shape index (κ2) is 12.9. The molecule has 13 aromatic rings. The van der Waals surface area contributed by atoms with Crippen molar-refractivity contribution in [1.29, 1.82) is 0 Å². The van der Waals surface area contributed by atoms with Crippen molar-refractivity contribution >= 4 is 76.2 Å². The second-order valence-corrected chi connectivity index (χ2v) is 17.0. The van der Waals surface area contributed by atoms with Gasteiger partial charge in [0.1, 0.15) is 22.3 Å². The quantitative estimate of drug-likeness (QED) is 0.166. The number of para-hydroxylation sites is 1. The molecule has 14 rings (SSSR count). The third-order valence-corrected chi connectivity index (χ3v) is 13.9. The molecule has 1 aliphatic rings. The third kappa shape index (κ3) is 4.62. The highest BCUT2D eigenvalue weighted by atomic mass is 16.3. The molecule has 11 aromatic carbocycles. The fraction of sp³-hybridized carbons (Fsp3) is 0.0164. The van der Waals surface area contributed by atoms with Crippen molar-refractivity contribution in [2.45, 2.75) is 5.41 Å². The van der Waals surface area contributed by atoms with Gasteiger partial charge < -0.3 is 8.83 Å². The minimum absolute atomic E-state index is 0.596. The zero-order valence-corrected chi connectivity index (χ0v) is 34.1. The fourth-order valence-corrected chi connectivity index (χ4v) is 11.4. The predicted molar refractivity (Wildman–Crippen MR) is 262 cm³/mol. The summed E-state index contributed by atoms with van der Waals surface area (Å²) >= 11 is 0. The van der Waals surface area contributed by atoms with Crippen LogP contribution in [0.4, 0.5) is 0 Å². The Labute approximate surface area is 362 Å². The predicted octanol–water partition coefficient (Wildman–Crippen LogP) is 16.6. The summed E-state index contributed by atoms with van der Waals surface area (Å²) in [5, 5.41) is 11.9. The number of rotatable bonds is 4. The standard InChI is InChI=1S/C61H36O2/c1-3-18-39(19-4-1)61(40-20-5-2-6-21-40)50-33-35-54-57(48-27-13-14-29-52(48)62-54)58(50)59-51(61)32-31-47-49-36-38(30-34-53(49)63-60(47)59)55-43-23-9-11-25-45(43)56(46-26-12-10-24-44(46)55)42-28-15-17-37-16-7-8-22-41(37)42/h1-36H. The SMILES string of the molecule is c1ccc(C2(c3ccccc3)c3ccc4c(oc5ccc(-c6c7ccccc7c(-c7cccc8ccccc78)c7ccccc67)cc54)c3-c3c2ccc2oc4ccccc4c32)cc1. The summed E-state index contributed by atoms with van der Waals surface area (Å²) in [6.07, 6.45) is 0. The van der Waals surface area contributed by atoms with Gasteiger partial charge in [-0.05, 0) is 101 Å². The maximum Gasteiger partial charge on any atom is 0.143 e. The highest BCUT2D eigenvalue weighted by Gasteiger charge is 2.48. The molecular formula is C61H36O2. The Kier molecular flexibility index (Phi) is 7.07. The summed E-state index contributed by atoms with van der Waals surface area (Å²) < 4.78 is 13.8. The van der Waals surface area contributed by atoms with E-state index in [-0.39, 0.29) is 0 Å². The van der Waals surface area contributed by atoms with Gasteiger partial charge in [0.15, 0.2) is 0 Å². The van der Waals surface area contributed by atoms with Crippen LogP contribution in [0.2, 0.25) is 0 Å². The zero-order chi connectivity index (χ0) is 41.2. The van der Waals surface area contributed by atoms with Gasteiger partial charge in [0, 0.05) is 32.7 Å². The molecule has 0 N–H and O–H groups in total. The Balaban J connectivity index is 1.08. The van der Waals surface area contributed by atoms with E-state index in [9.17, 15) is 0 Å². The lowest BCUT2D eigenvalue weighted by Crippen LogP contribution is -2.28. The van der Waals surface area contributed by atoms with Crippen molar-refractivity contribution in [3.63, 3.8) is 0 Å². The average molecular weight is 801 g/mol. The molecule has 0 bridgehead atoms. The van der Waals surface area contributed by atoms with E-state index in [0.717, 1.165) is 55.0 Å². The van der Waals surface area contributed by atoms with Crippen LogP contribution in [0.5, 0.6) is 0 Å². The minimum atomic E-state index is -0.596. The molecule has 0 fully saturated rings. The Bertz CT molecular complexity index is 3920. The first-order valence-electron chi connectivity index (χ1n) is 21.8. The topological polar surface area (TPSA) is 26.3 Å². The van der Waals surface area contributed by atoms with Gasteiger partial charge in [-0.2, -0.15) is 0 Å². The number of furan rings is 2. The molecule has 2 nitrogen and oxygen atoms in total. The lowest BCUT2D eigenvalue weighted by Gasteiger charge is -2.33. The molecule has 63 heavy (non-hydrogen) atoms. The van der Waals surface area contributed by atoms with Crippen LogP contribution in [0.1, 0.15) is 22.3 Å². The Morgan fingerprint density at radius 1 is 0.302 bits per heavy atom. The van der Waals surface area contributed by atoms with Crippen LogP contribution in [-0.4, -0.2) is 0 Å². The minimum Gasteiger partial charge on any atom is -0.456 e. The summed E-state index contributed by atoms with van der Waals surface area (Å²) in [5.74, 6) is 0. The van der Waals surface area contributed by atoms with Crippen LogP contribution in [0.25, 0.3) is 110 Å². The molecule has 0 amide bonds. The summed E-state index contributed by atoms with van der Waals surface area (Å²) in [7, 11) is 0. The molecule has 0 saturated carbocycles. The van der Waals surface area contributed by atoms with Gasteiger partial charge in [0.2, 0.25) is 0 Å². The highest BCUT2D eigenvalue weighted by molar-refractivity contribution is 6.25. The van der Waals surface area contributed by atoms with Crippen LogP contribution in [0.3, 0.4) is 0 Å². The Morgan fingerprint density at radius 2 is 0.841 bits per heavy atom. The van der Waals surface area contributed by atoms with Crippen molar-refractivity contribution in [3.05, 3.63) is 241 Å². The molecule has 2 aromatic heterocycles. The van der Waals surface area contributed by atoms with Crippen molar-refractivity contribution in [3.8, 4) is 33.4 Å². The van der Waals surface area contributed by atoms with Crippen LogP contribution in [0, 0.1) is 0 Å². The maximum atomic E-state index is 7.21. The smallest absolute Gasteiger partial charge is 0.143 e. The molecule has 1 aliphatic carbocycles. The van der Waals surface area contributed by atoms with Gasteiger partial charge in [-0.3, -0.25) is 0 Å². The van der Waals surface area contributed by atoms with Gasteiger partial charge in [-0.1, -0.05) is 194 Å². The van der Waals surface area contributed by atoms with E-state index >= 15 is 0 Å². The molecule has 2 heteroatoms. The molecule has 0 aliphatic heterocycles. The van der Waals surface area contributed by atoms with Gasteiger partial charge in [-0.15, -0.1) is 0 Å². The first kappa shape index (κ1) is 34.5. The van der Waals surface area contributed by atoms with Crippen molar-refractivity contribution < 1.29 is 8.83 Å². The van der Waals surface area contributed by atoms with E-state index in [1.54, 1.807) is 0 Å². The van der Waals surface area contributed by atoms with Crippen molar-refractivity contribution in [1.82, 2.24) is 0 Å². The number of fused-ring (bicyclic) bond motifs is 14. The number of hydrogen-bond donors (Lipinski definition) is 0. The first-order chi connectivity index (χ1) is 31.3. The summed E-state index contributed by atoms with van der Waals surface area (Å²) in [6, 6.07) is 79.6. The van der Waals surface area contributed by atoms with Crippen molar-refractivity contribution in [2.24, 2.45) is 0 Å². The Morgan fingerprint density at radius 3 is 1.56 bits per heavy atom. The highest BCUT2D eigenvalue weighted by Crippen LogP contribution is 2.61. The first-order valence-corrected chi connectivity index (χ1v) is 21.8. The molecule has 2 heterocycles. The van der Waals surface area contributed by atoms with E-state index in [2.05, 4.69) is 218 Å².